The Labute approximate surface area is 184 Å². The lowest BCUT2D eigenvalue weighted by molar-refractivity contribution is 0.122. The monoisotopic (exact) mass is 424 g/mol. The van der Waals surface area contributed by atoms with Crippen molar-refractivity contribution in [2.24, 2.45) is 4.99 Å². The Morgan fingerprint density at radius 3 is 2.55 bits per heavy atom. The molecule has 1 aromatic carbocycles. The van der Waals surface area contributed by atoms with Crippen LogP contribution < -0.4 is 15.1 Å². The van der Waals surface area contributed by atoms with Crippen molar-refractivity contribution < 1.29 is 9.84 Å². The normalized spacial score (nSPS) is 17.7. The number of para-hydroxylation sites is 2. The molecule has 2 saturated heterocycles. The summed E-state index contributed by atoms with van der Waals surface area (Å²) >= 11 is 0. The number of guanidine groups is 1. The van der Waals surface area contributed by atoms with Crippen LogP contribution in [0.2, 0.25) is 0 Å². The predicted molar refractivity (Wildman–Crippen MR) is 124 cm³/mol. The molecule has 2 fully saturated rings. The topological polar surface area (TPSA) is 76.5 Å². The smallest absolute Gasteiger partial charge is 0.194 e. The molecule has 0 saturated carbocycles. The largest absolute Gasteiger partial charge is 0.506 e. The minimum Gasteiger partial charge on any atom is -0.506 e. The van der Waals surface area contributed by atoms with Crippen molar-refractivity contribution in [1.82, 2.24) is 15.2 Å². The van der Waals surface area contributed by atoms with Crippen molar-refractivity contribution in [3.05, 3.63) is 48.2 Å². The third-order valence-electron chi connectivity index (χ3n) is 5.71. The van der Waals surface area contributed by atoms with Crippen LogP contribution in [-0.2, 0) is 11.3 Å². The number of piperazine rings is 1. The highest BCUT2D eigenvalue weighted by Gasteiger charge is 2.22. The highest BCUT2D eigenvalue weighted by molar-refractivity contribution is 5.80. The fourth-order valence-corrected chi connectivity index (χ4v) is 4.09. The van der Waals surface area contributed by atoms with Gasteiger partial charge < -0.3 is 29.9 Å². The molecule has 0 atom stereocenters. The molecule has 3 heterocycles. The zero-order chi connectivity index (χ0) is 21.5. The number of nitrogens with one attached hydrogen (secondary N) is 1. The molecule has 0 radical (unpaired) electrons. The number of benzene rings is 1. The predicted octanol–water partition coefficient (Wildman–Crippen LogP) is 1.91. The Balaban J connectivity index is 1.43. The Morgan fingerprint density at radius 2 is 1.81 bits per heavy atom. The lowest BCUT2D eigenvalue weighted by Gasteiger charge is -2.38. The van der Waals surface area contributed by atoms with Gasteiger partial charge in [0.15, 0.2) is 5.96 Å². The van der Waals surface area contributed by atoms with Gasteiger partial charge in [-0.05, 0) is 25.1 Å². The van der Waals surface area contributed by atoms with Gasteiger partial charge in [-0.15, -0.1) is 0 Å². The Kier molecular flexibility index (Phi) is 7.09. The van der Waals surface area contributed by atoms with Gasteiger partial charge >= 0.3 is 0 Å². The SMILES string of the molecule is CCNC(=NCc1cccnc1N1CCOCC1)N1CCN(c2ccccc2O)CC1. The van der Waals surface area contributed by atoms with Crippen molar-refractivity contribution in [3.8, 4) is 5.75 Å². The molecule has 0 spiro atoms. The number of pyridine rings is 1. The van der Waals surface area contributed by atoms with Gasteiger partial charge in [0.1, 0.15) is 11.6 Å². The molecule has 166 valence electrons. The van der Waals surface area contributed by atoms with E-state index in [0.717, 1.165) is 82.1 Å². The van der Waals surface area contributed by atoms with E-state index in [2.05, 4.69) is 38.0 Å². The minimum atomic E-state index is 0.337. The zero-order valence-corrected chi connectivity index (χ0v) is 18.2. The number of aliphatic imine (C=N–C) groups is 1. The first kappa shape index (κ1) is 21.2. The average molecular weight is 425 g/mol. The highest BCUT2D eigenvalue weighted by atomic mass is 16.5. The number of hydrogen-bond donors (Lipinski definition) is 2. The molecule has 8 heteroatoms. The summed E-state index contributed by atoms with van der Waals surface area (Å²) in [7, 11) is 0. The van der Waals surface area contributed by atoms with E-state index >= 15 is 0 Å². The molecule has 0 unspecified atom stereocenters. The summed E-state index contributed by atoms with van der Waals surface area (Å²) < 4.78 is 5.49. The molecule has 2 N–H and O–H groups in total. The van der Waals surface area contributed by atoms with Crippen molar-refractivity contribution >= 4 is 17.5 Å². The third kappa shape index (κ3) is 5.19. The van der Waals surface area contributed by atoms with E-state index in [1.165, 1.54) is 0 Å². The number of anilines is 2. The van der Waals surface area contributed by atoms with Crippen LogP contribution in [0.25, 0.3) is 0 Å². The molecule has 31 heavy (non-hydrogen) atoms. The van der Waals surface area contributed by atoms with Gasteiger partial charge in [-0.1, -0.05) is 18.2 Å². The maximum absolute atomic E-state index is 10.2. The summed E-state index contributed by atoms with van der Waals surface area (Å²) in [4.78, 5) is 16.4. The quantitative estimate of drug-likeness (QED) is 0.561. The van der Waals surface area contributed by atoms with Crippen molar-refractivity contribution in [3.63, 3.8) is 0 Å². The Bertz CT molecular complexity index is 876. The van der Waals surface area contributed by atoms with Crippen LogP contribution in [0.15, 0.2) is 47.6 Å². The van der Waals surface area contributed by atoms with E-state index in [1.807, 2.05) is 30.5 Å². The molecule has 0 bridgehead atoms. The number of morpholine rings is 1. The molecule has 8 nitrogen and oxygen atoms in total. The number of ether oxygens (including phenoxy) is 1. The fraction of sp³-hybridized carbons (Fsp3) is 0.478. The summed E-state index contributed by atoms with van der Waals surface area (Å²) in [5, 5.41) is 13.6. The number of hydrogen-bond acceptors (Lipinski definition) is 6. The molecule has 2 aliphatic rings. The summed E-state index contributed by atoms with van der Waals surface area (Å²) in [6, 6.07) is 11.6. The molecule has 2 aliphatic heterocycles. The fourth-order valence-electron chi connectivity index (χ4n) is 4.09. The van der Waals surface area contributed by atoms with Gasteiger partial charge in [-0.25, -0.2) is 9.98 Å². The second-order valence-corrected chi connectivity index (χ2v) is 7.72. The van der Waals surface area contributed by atoms with Crippen LogP contribution in [0.3, 0.4) is 0 Å². The molecule has 4 rings (SSSR count). The second kappa shape index (κ2) is 10.3. The van der Waals surface area contributed by atoms with Gasteiger partial charge in [-0.2, -0.15) is 0 Å². The third-order valence-corrected chi connectivity index (χ3v) is 5.71. The second-order valence-electron chi connectivity index (χ2n) is 7.72. The molecule has 1 aromatic heterocycles. The average Bonchev–Trinajstić information content (AvgIpc) is 2.83. The first-order chi connectivity index (χ1) is 15.3. The van der Waals surface area contributed by atoms with Crippen LogP contribution >= 0.6 is 0 Å². The maximum atomic E-state index is 10.2. The van der Waals surface area contributed by atoms with E-state index in [4.69, 9.17) is 9.73 Å². The maximum Gasteiger partial charge on any atom is 0.194 e. The van der Waals surface area contributed by atoms with Gasteiger partial charge in [0.05, 0.1) is 25.4 Å². The van der Waals surface area contributed by atoms with E-state index < -0.39 is 0 Å². The molecular formula is C23H32N6O2. The zero-order valence-electron chi connectivity index (χ0n) is 18.2. The summed E-state index contributed by atoms with van der Waals surface area (Å²) in [5.74, 6) is 2.27. The van der Waals surface area contributed by atoms with E-state index in [9.17, 15) is 5.11 Å². The lowest BCUT2D eigenvalue weighted by Crippen LogP contribution is -2.52. The number of rotatable bonds is 5. The number of phenols is 1. The van der Waals surface area contributed by atoms with Crippen LogP contribution in [-0.4, -0.2) is 80.0 Å². The standard InChI is InChI=1S/C23H32N6O2/c1-2-24-23(29-12-10-27(11-13-29)20-7-3-4-8-21(20)30)26-18-19-6-5-9-25-22(19)28-14-16-31-17-15-28/h3-9,30H,2,10-18H2,1H3,(H,24,26). The summed E-state index contributed by atoms with van der Waals surface area (Å²) in [5.41, 5.74) is 2.03. The van der Waals surface area contributed by atoms with Gasteiger partial charge in [0.2, 0.25) is 0 Å². The van der Waals surface area contributed by atoms with Crippen LogP contribution in [0.1, 0.15) is 12.5 Å². The summed E-state index contributed by atoms with van der Waals surface area (Å²) in [6.07, 6.45) is 1.85. The lowest BCUT2D eigenvalue weighted by atomic mass is 10.2. The summed E-state index contributed by atoms with van der Waals surface area (Å²) in [6.45, 7) is 10.1. The number of aromatic hydroxyl groups is 1. The highest BCUT2D eigenvalue weighted by Crippen LogP contribution is 2.27. The van der Waals surface area contributed by atoms with E-state index in [0.29, 0.717) is 12.3 Å². The molecule has 0 amide bonds. The van der Waals surface area contributed by atoms with Crippen molar-refractivity contribution in [1.29, 1.82) is 0 Å². The molecule has 0 aliphatic carbocycles. The van der Waals surface area contributed by atoms with E-state index in [-0.39, 0.29) is 0 Å². The van der Waals surface area contributed by atoms with Crippen molar-refractivity contribution in [2.75, 3.05) is 68.8 Å². The Hall–Kier alpha value is -3.00. The van der Waals surface area contributed by atoms with Crippen LogP contribution in [0.4, 0.5) is 11.5 Å². The molecule has 2 aromatic rings. The van der Waals surface area contributed by atoms with Crippen molar-refractivity contribution in [2.45, 2.75) is 13.5 Å². The number of aromatic nitrogens is 1. The van der Waals surface area contributed by atoms with Crippen LogP contribution in [0.5, 0.6) is 5.75 Å². The first-order valence-electron chi connectivity index (χ1n) is 11.1. The van der Waals surface area contributed by atoms with Crippen LogP contribution in [0, 0.1) is 0 Å². The number of nitrogens with zero attached hydrogens (tertiary/aromatic N) is 5. The van der Waals surface area contributed by atoms with Gasteiger partial charge in [0, 0.05) is 57.6 Å². The molecular weight excluding hydrogens is 392 g/mol. The Morgan fingerprint density at radius 1 is 1.03 bits per heavy atom. The minimum absolute atomic E-state index is 0.337. The number of phenolic OH excluding ortho intramolecular Hbond substituents is 1. The van der Waals surface area contributed by atoms with E-state index in [1.54, 1.807) is 6.07 Å². The van der Waals surface area contributed by atoms with Gasteiger partial charge in [0.25, 0.3) is 0 Å². The first-order valence-corrected chi connectivity index (χ1v) is 11.1. The van der Waals surface area contributed by atoms with Gasteiger partial charge in [-0.3, -0.25) is 0 Å².